The fraction of sp³-hybridized carbons (Fsp3) is 0. The van der Waals surface area contributed by atoms with Crippen molar-refractivity contribution in [2.75, 3.05) is 0 Å². The Morgan fingerprint density at radius 2 is 1.79 bits per heavy atom. The molecule has 2 aromatic carbocycles. The number of nitrogens with zero attached hydrogens (tertiary/aromatic N) is 1. The summed E-state index contributed by atoms with van der Waals surface area (Å²) in [7, 11) is 0. The predicted octanol–water partition coefficient (Wildman–Crippen LogP) is 4.80. The first kappa shape index (κ1) is 11.9. The van der Waals surface area contributed by atoms with Crippen LogP contribution in [0.4, 0.5) is 4.39 Å². The molecule has 0 spiro atoms. The molecule has 0 aliphatic heterocycles. The van der Waals surface area contributed by atoms with Crippen LogP contribution in [0.15, 0.2) is 59.2 Å². The second kappa shape index (κ2) is 4.86. The molecule has 3 rings (SSSR count). The Bertz CT molecular complexity index is 706. The number of halogens is 2. The topological polar surface area (TPSA) is 26.0 Å². The average Bonchev–Trinajstić information content (AvgIpc) is 2.89. The third kappa shape index (κ3) is 2.51. The third-order valence-corrected chi connectivity index (χ3v) is 2.95. The Balaban J connectivity index is 1.97. The van der Waals surface area contributed by atoms with E-state index in [0.29, 0.717) is 16.6 Å². The molecule has 0 bridgehead atoms. The first-order chi connectivity index (χ1) is 9.22. The molecule has 1 heterocycles. The monoisotopic (exact) mass is 273 g/mol. The van der Waals surface area contributed by atoms with E-state index in [0.717, 1.165) is 11.1 Å². The van der Waals surface area contributed by atoms with Gasteiger partial charge in [-0.25, -0.2) is 9.37 Å². The highest BCUT2D eigenvalue weighted by atomic mass is 35.5. The first-order valence-corrected chi connectivity index (χ1v) is 6.07. The predicted molar refractivity (Wildman–Crippen MR) is 72.3 cm³/mol. The number of oxazole rings is 1. The number of hydrogen-bond acceptors (Lipinski definition) is 2. The summed E-state index contributed by atoms with van der Waals surface area (Å²) >= 11 is 5.92. The molecule has 0 aliphatic carbocycles. The van der Waals surface area contributed by atoms with Gasteiger partial charge in [0.25, 0.3) is 0 Å². The summed E-state index contributed by atoms with van der Waals surface area (Å²) in [4.78, 5) is 4.37. The van der Waals surface area contributed by atoms with Gasteiger partial charge < -0.3 is 4.42 Å². The van der Waals surface area contributed by atoms with Gasteiger partial charge >= 0.3 is 0 Å². The zero-order valence-corrected chi connectivity index (χ0v) is 10.6. The lowest BCUT2D eigenvalue weighted by Crippen LogP contribution is -1.80. The lowest BCUT2D eigenvalue weighted by atomic mass is 10.2. The molecule has 0 amide bonds. The highest BCUT2D eigenvalue weighted by molar-refractivity contribution is 6.30. The van der Waals surface area contributed by atoms with Crippen LogP contribution >= 0.6 is 11.6 Å². The second-order valence-corrected chi connectivity index (χ2v) is 4.49. The van der Waals surface area contributed by atoms with Crippen LogP contribution in [0.3, 0.4) is 0 Å². The van der Waals surface area contributed by atoms with Gasteiger partial charge in [0.05, 0.1) is 0 Å². The van der Waals surface area contributed by atoms with Crippen LogP contribution in [0.1, 0.15) is 0 Å². The van der Waals surface area contributed by atoms with E-state index in [-0.39, 0.29) is 5.82 Å². The molecule has 0 unspecified atom stereocenters. The summed E-state index contributed by atoms with van der Waals surface area (Å²) in [5, 5.41) is 0.624. The van der Waals surface area contributed by atoms with Gasteiger partial charge in [-0.05, 0) is 42.5 Å². The Kier molecular flexibility index (Phi) is 3.05. The Morgan fingerprint density at radius 3 is 2.53 bits per heavy atom. The van der Waals surface area contributed by atoms with Crippen molar-refractivity contribution in [2.24, 2.45) is 0 Å². The van der Waals surface area contributed by atoms with Crippen LogP contribution in [-0.2, 0) is 0 Å². The Hall–Kier alpha value is -2.13. The minimum absolute atomic E-state index is 0.276. The van der Waals surface area contributed by atoms with Crippen LogP contribution in [-0.4, -0.2) is 4.98 Å². The van der Waals surface area contributed by atoms with E-state index >= 15 is 0 Å². The molecule has 1 aromatic heterocycles. The van der Waals surface area contributed by atoms with Crippen molar-refractivity contribution in [3.63, 3.8) is 0 Å². The lowest BCUT2D eigenvalue weighted by Gasteiger charge is -1.96. The molecule has 0 atom stereocenters. The minimum Gasteiger partial charge on any atom is -0.444 e. The van der Waals surface area contributed by atoms with E-state index in [9.17, 15) is 4.39 Å². The van der Waals surface area contributed by atoms with Gasteiger partial charge in [-0.2, -0.15) is 0 Å². The highest BCUT2D eigenvalue weighted by Crippen LogP contribution is 2.26. The van der Waals surface area contributed by atoms with Crippen LogP contribution in [0.25, 0.3) is 22.7 Å². The van der Waals surface area contributed by atoms with Gasteiger partial charge in [-0.1, -0.05) is 17.7 Å². The molecule has 2 nitrogen and oxygen atoms in total. The molecule has 0 saturated heterocycles. The van der Waals surface area contributed by atoms with E-state index in [1.807, 2.05) is 12.1 Å². The van der Waals surface area contributed by atoms with Gasteiger partial charge in [0.15, 0.2) is 0 Å². The van der Waals surface area contributed by atoms with E-state index in [1.54, 1.807) is 30.5 Å². The van der Waals surface area contributed by atoms with Crippen LogP contribution in [0.2, 0.25) is 5.02 Å². The maximum Gasteiger partial charge on any atom is 0.226 e. The molecular formula is C15H9ClFNO. The number of benzene rings is 2. The maximum absolute atomic E-state index is 12.9. The zero-order chi connectivity index (χ0) is 13.2. The summed E-state index contributed by atoms with van der Waals surface area (Å²) in [6, 6.07) is 13.4. The van der Waals surface area contributed by atoms with Crippen molar-refractivity contribution in [3.8, 4) is 22.7 Å². The number of aromatic nitrogens is 1. The standard InChI is InChI=1S/C15H9ClFNO/c16-12-3-1-2-11(8-12)15-18-14(9-19-15)10-4-6-13(17)7-5-10/h1-9H. The molecule has 0 aliphatic rings. The molecular weight excluding hydrogens is 265 g/mol. The molecule has 0 saturated carbocycles. The van der Waals surface area contributed by atoms with Gasteiger partial charge in [0, 0.05) is 16.1 Å². The molecule has 94 valence electrons. The fourth-order valence-electron chi connectivity index (χ4n) is 1.78. The highest BCUT2D eigenvalue weighted by Gasteiger charge is 2.08. The van der Waals surface area contributed by atoms with Crippen LogP contribution in [0.5, 0.6) is 0 Å². The molecule has 19 heavy (non-hydrogen) atoms. The van der Waals surface area contributed by atoms with Crippen molar-refractivity contribution in [2.45, 2.75) is 0 Å². The van der Waals surface area contributed by atoms with Crippen molar-refractivity contribution >= 4 is 11.6 Å². The zero-order valence-electron chi connectivity index (χ0n) is 9.81. The van der Waals surface area contributed by atoms with E-state index in [1.165, 1.54) is 12.1 Å². The lowest BCUT2D eigenvalue weighted by molar-refractivity contribution is 0.575. The quantitative estimate of drug-likeness (QED) is 0.670. The van der Waals surface area contributed by atoms with Gasteiger partial charge in [-0.3, -0.25) is 0 Å². The molecule has 0 N–H and O–H groups in total. The fourth-order valence-corrected chi connectivity index (χ4v) is 1.97. The largest absolute Gasteiger partial charge is 0.444 e. The molecule has 0 radical (unpaired) electrons. The van der Waals surface area contributed by atoms with E-state index < -0.39 is 0 Å². The molecule has 4 heteroatoms. The van der Waals surface area contributed by atoms with Gasteiger partial charge in [0.2, 0.25) is 5.89 Å². The van der Waals surface area contributed by atoms with Crippen molar-refractivity contribution in [1.29, 1.82) is 0 Å². The molecule has 3 aromatic rings. The van der Waals surface area contributed by atoms with E-state index in [4.69, 9.17) is 16.0 Å². The summed E-state index contributed by atoms with van der Waals surface area (Å²) in [5.74, 6) is 0.212. The molecule has 0 fully saturated rings. The third-order valence-electron chi connectivity index (χ3n) is 2.72. The summed E-state index contributed by atoms with van der Waals surface area (Å²) < 4.78 is 18.3. The first-order valence-electron chi connectivity index (χ1n) is 5.70. The summed E-state index contributed by atoms with van der Waals surface area (Å²) in [5.41, 5.74) is 2.27. The number of rotatable bonds is 2. The summed E-state index contributed by atoms with van der Waals surface area (Å²) in [6.07, 6.45) is 1.55. The van der Waals surface area contributed by atoms with Crippen LogP contribution in [0, 0.1) is 5.82 Å². The van der Waals surface area contributed by atoms with E-state index in [2.05, 4.69) is 4.98 Å². The minimum atomic E-state index is -0.276. The number of hydrogen-bond donors (Lipinski definition) is 0. The van der Waals surface area contributed by atoms with Crippen molar-refractivity contribution in [3.05, 3.63) is 65.6 Å². The average molecular weight is 274 g/mol. The van der Waals surface area contributed by atoms with Gasteiger partial charge in [-0.15, -0.1) is 0 Å². The second-order valence-electron chi connectivity index (χ2n) is 4.06. The smallest absolute Gasteiger partial charge is 0.226 e. The Morgan fingerprint density at radius 1 is 1.00 bits per heavy atom. The maximum atomic E-state index is 12.9. The normalized spacial score (nSPS) is 10.6. The van der Waals surface area contributed by atoms with Crippen molar-refractivity contribution < 1.29 is 8.81 Å². The van der Waals surface area contributed by atoms with Crippen molar-refractivity contribution in [1.82, 2.24) is 4.98 Å². The Labute approximate surface area is 114 Å². The SMILES string of the molecule is Fc1ccc(-c2coc(-c3cccc(Cl)c3)n2)cc1. The van der Waals surface area contributed by atoms with Crippen LogP contribution < -0.4 is 0 Å². The van der Waals surface area contributed by atoms with Gasteiger partial charge in [0.1, 0.15) is 17.8 Å². The summed E-state index contributed by atoms with van der Waals surface area (Å²) in [6.45, 7) is 0.